The van der Waals surface area contributed by atoms with Crippen molar-refractivity contribution in [2.75, 3.05) is 6.54 Å². The second kappa shape index (κ2) is 8.26. The van der Waals surface area contributed by atoms with E-state index in [9.17, 15) is 19.2 Å². The van der Waals surface area contributed by atoms with Gasteiger partial charge in [-0.3, -0.25) is 24.5 Å². The lowest BCUT2D eigenvalue weighted by Crippen LogP contribution is -2.49. The Morgan fingerprint density at radius 1 is 0.969 bits per heavy atom. The molecule has 0 spiro atoms. The van der Waals surface area contributed by atoms with Crippen molar-refractivity contribution in [2.45, 2.75) is 44.2 Å². The Morgan fingerprint density at radius 3 is 2.47 bits per heavy atom. The van der Waals surface area contributed by atoms with E-state index >= 15 is 0 Å². The van der Waals surface area contributed by atoms with E-state index < -0.39 is 17.7 Å². The van der Waals surface area contributed by atoms with E-state index in [2.05, 4.69) is 15.6 Å². The van der Waals surface area contributed by atoms with Crippen molar-refractivity contribution in [3.8, 4) is 11.3 Å². The standard InChI is InChI=1S/C24H26N4O4/c29-21-11-15(12-22(30)27-21)23(31)26-19-7-6-17-10-16(19)13-28(17)24(32)20-9-8-18(25-20)14-4-2-1-3-5-14/h1-5,8-9,15-17,19,25H,6-7,10-13H2,(H,26,31)(H,27,29,30). The molecule has 8 heteroatoms. The summed E-state index contributed by atoms with van der Waals surface area (Å²) in [5.74, 6) is -1.48. The van der Waals surface area contributed by atoms with Gasteiger partial charge in [0.25, 0.3) is 5.91 Å². The molecule has 2 bridgehead atoms. The average molecular weight is 434 g/mol. The molecule has 2 aliphatic heterocycles. The second-order valence-corrected chi connectivity index (χ2v) is 9.03. The Morgan fingerprint density at radius 2 is 1.72 bits per heavy atom. The van der Waals surface area contributed by atoms with E-state index in [-0.39, 0.29) is 42.7 Å². The minimum absolute atomic E-state index is 0.0128. The lowest BCUT2D eigenvalue weighted by atomic mass is 9.85. The van der Waals surface area contributed by atoms with Gasteiger partial charge in [0.05, 0.1) is 5.92 Å². The summed E-state index contributed by atoms with van der Waals surface area (Å²) < 4.78 is 0. The van der Waals surface area contributed by atoms with Gasteiger partial charge in [-0.2, -0.15) is 0 Å². The SMILES string of the molecule is O=C1CC(C(=O)NC2CCC3CC2CN3C(=O)c2ccc(-c3ccccc3)[nH]2)CC(=O)N1. The first-order chi connectivity index (χ1) is 15.5. The Bertz CT molecular complexity index is 1050. The van der Waals surface area contributed by atoms with Crippen LogP contribution in [0.3, 0.4) is 0 Å². The Balaban J connectivity index is 1.23. The summed E-state index contributed by atoms with van der Waals surface area (Å²) in [6, 6.07) is 13.8. The van der Waals surface area contributed by atoms with E-state index in [1.165, 1.54) is 0 Å². The highest BCUT2D eigenvalue weighted by atomic mass is 16.2. The van der Waals surface area contributed by atoms with Crippen LogP contribution in [-0.2, 0) is 14.4 Å². The largest absolute Gasteiger partial charge is 0.353 e. The van der Waals surface area contributed by atoms with E-state index in [0.717, 1.165) is 30.5 Å². The molecule has 3 fully saturated rings. The van der Waals surface area contributed by atoms with Crippen LogP contribution in [0.4, 0.5) is 0 Å². The first-order valence-electron chi connectivity index (χ1n) is 11.2. The van der Waals surface area contributed by atoms with Gasteiger partial charge >= 0.3 is 0 Å². The van der Waals surface area contributed by atoms with Gasteiger partial charge in [-0.15, -0.1) is 0 Å². The molecule has 1 aliphatic carbocycles. The normalized spacial score (nSPS) is 25.5. The number of H-pyrrole nitrogens is 1. The van der Waals surface area contributed by atoms with E-state index in [1.807, 2.05) is 47.4 Å². The smallest absolute Gasteiger partial charge is 0.270 e. The minimum atomic E-state index is -0.608. The number of likely N-dealkylation sites (tertiary alicyclic amines) is 1. The second-order valence-electron chi connectivity index (χ2n) is 9.03. The molecule has 8 nitrogen and oxygen atoms in total. The van der Waals surface area contributed by atoms with Crippen molar-refractivity contribution in [1.82, 2.24) is 20.5 Å². The van der Waals surface area contributed by atoms with Crippen LogP contribution in [0.25, 0.3) is 11.3 Å². The summed E-state index contributed by atoms with van der Waals surface area (Å²) in [7, 11) is 0. The number of aromatic nitrogens is 1. The van der Waals surface area contributed by atoms with Gasteiger partial charge in [-0.1, -0.05) is 30.3 Å². The van der Waals surface area contributed by atoms with Crippen molar-refractivity contribution in [3.63, 3.8) is 0 Å². The third-order valence-electron chi connectivity index (χ3n) is 6.93. The summed E-state index contributed by atoms with van der Waals surface area (Å²) in [5.41, 5.74) is 2.51. The molecule has 1 aromatic carbocycles. The van der Waals surface area contributed by atoms with E-state index in [4.69, 9.17) is 0 Å². The number of rotatable bonds is 4. The number of hydrogen-bond donors (Lipinski definition) is 3. The molecule has 3 atom stereocenters. The van der Waals surface area contributed by atoms with Crippen molar-refractivity contribution < 1.29 is 19.2 Å². The van der Waals surface area contributed by atoms with Crippen molar-refractivity contribution in [1.29, 1.82) is 0 Å². The highest BCUT2D eigenvalue weighted by molar-refractivity contribution is 6.02. The first kappa shape index (κ1) is 20.5. The average Bonchev–Trinajstić information content (AvgIpc) is 3.41. The topological polar surface area (TPSA) is 111 Å². The predicted octanol–water partition coefficient (Wildman–Crippen LogP) is 1.84. The number of nitrogens with one attached hydrogen (secondary N) is 3. The summed E-state index contributed by atoms with van der Waals surface area (Å²) in [5, 5.41) is 5.30. The number of hydrogen-bond acceptors (Lipinski definition) is 4. The Labute approximate surface area is 185 Å². The molecule has 3 N–H and O–H groups in total. The monoisotopic (exact) mass is 434 g/mol. The maximum absolute atomic E-state index is 13.2. The number of nitrogens with zero attached hydrogens (tertiary/aromatic N) is 1. The Hall–Kier alpha value is -3.42. The van der Waals surface area contributed by atoms with Crippen LogP contribution in [0, 0.1) is 11.8 Å². The molecule has 3 heterocycles. The maximum Gasteiger partial charge on any atom is 0.270 e. The highest BCUT2D eigenvalue weighted by Gasteiger charge is 2.44. The third kappa shape index (κ3) is 3.92. The number of piperidine rings is 1. The van der Waals surface area contributed by atoms with Gasteiger partial charge in [0.1, 0.15) is 5.69 Å². The van der Waals surface area contributed by atoms with Gasteiger partial charge in [-0.05, 0) is 42.9 Å². The molecule has 0 radical (unpaired) electrons. The van der Waals surface area contributed by atoms with Crippen molar-refractivity contribution in [3.05, 3.63) is 48.2 Å². The third-order valence-corrected chi connectivity index (χ3v) is 6.93. The summed E-state index contributed by atoms with van der Waals surface area (Å²) >= 11 is 0. The molecule has 3 unspecified atom stereocenters. The molecule has 4 amide bonds. The molecule has 2 saturated heterocycles. The number of benzene rings is 1. The van der Waals surface area contributed by atoms with Crippen LogP contribution in [0.5, 0.6) is 0 Å². The number of carbonyl (C=O) groups is 4. The summed E-state index contributed by atoms with van der Waals surface area (Å²) in [6.07, 6.45) is 2.55. The lowest BCUT2D eigenvalue weighted by molar-refractivity contribution is -0.141. The van der Waals surface area contributed by atoms with Gasteiger partial charge < -0.3 is 15.2 Å². The molecule has 1 aromatic heterocycles. The van der Waals surface area contributed by atoms with Gasteiger partial charge in [0, 0.05) is 37.2 Å². The molecule has 2 aromatic rings. The number of carbonyl (C=O) groups excluding carboxylic acids is 4. The van der Waals surface area contributed by atoms with Crippen LogP contribution in [0.2, 0.25) is 0 Å². The fraction of sp³-hybridized carbons (Fsp3) is 0.417. The minimum Gasteiger partial charge on any atom is -0.353 e. The number of imide groups is 1. The van der Waals surface area contributed by atoms with E-state index in [0.29, 0.717) is 12.2 Å². The number of amides is 4. The Kier molecular flexibility index (Phi) is 5.28. The molecule has 3 aliphatic rings. The predicted molar refractivity (Wildman–Crippen MR) is 116 cm³/mol. The van der Waals surface area contributed by atoms with Crippen LogP contribution in [0.1, 0.15) is 42.6 Å². The van der Waals surface area contributed by atoms with Gasteiger partial charge in [0.15, 0.2) is 0 Å². The summed E-state index contributed by atoms with van der Waals surface area (Å²) in [4.78, 5) is 54.2. The van der Waals surface area contributed by atoms with Crippen LogP contribution < -0.4 is 10.6 Å². The zero-order chi connectivity index (χ0) is 22.2. The summed E-state index contributed by atoms with van der Waals surface area (Å²) in [6.45, 7) is 0.595. The zero-order valence-electron chi connectivity index (χ0n) is 17.7. The number of fused-ring (bicyclic) bond motifs is 2. The molecular formula is C24H26N4O4. The van der Waals surface area contributed by atoms with Crippen LogP contribution >= 0.6 is 0 Å². The maximum atomic E-state index is 13.2. The molecule has 166 valence electrons. The fourth-order valence-corrected chi connectivity index (χ4v) is 5.29. The number of aromatic amines is 1. The molecular weight excluding hydrogens is 408 g/mol. The van der Waals surface area contributed by atoms with Crippen molar-refractivity contribution >= 4 is 23.6 Å². The molecule has 32 heavy (non-hydrogen) atoms. The lowest BCUT2D eigenvalue weighted by Gasteiger charge is -2.30. The molecule has 5 rings (SSSR count). The van der Waals surface area contributed by atoms with Crippen LogP contribution in [0.15, 0.2) is 42.5 Å². The van der Waals surface area contributed by atoms with Gasteiger partial charge in [-0.25, -0.2) is 0 Å². The first-order valence-corrected chi connectivity index (χ1v) is 11.2. The van der Waals surface area contributed by atoms with E-state index in [1.54, 1.807) is 0 Å². The van der Waals surface area contributed by atoms with Crippen LogP contribution in [-0.4, -0.2) is 52.1 Å². The van der Waals surface area contributed by atoms with Gasteiger partial charge in [0.2, 0.25) is 17.7 Å². The fourth-order valence-electron chi connectivity index (χ4n) is 5.29. The molecule has 1 saturated carbocycles. The highest BCUT2D eigenvalue weighted by Crippen LogP contribution is 2.37. The zero-order valence-corrected chi connectivity index (χ0v) is 17.7. The van der Waals surface area contributed by atoms with Crippen molar-refractivity contribution in [2.24, 2.45) is 11.8 Å². The quantitative estimate of drug-likeness (QED) is 0.638.